The zero-order valence-corrected chi connectivity index (χ0v) is 13.6. The van der Waals surface area contributed by atoms with Crippen LogP contribution in [0.1, 0.15) is 66.7 Å². The molecule has 4 unspecified atom stereocenters. The van der Waals surface area contributed by atoms with Gasteiger partial charge in [-0.2, -0.15) is 0 Å². The molecule has 0 aromatic carbocycles. The van der Waals surface area contributed by atoms with Crippen LogP contribution in [0.5, 0.6) is 0 Å². The minimum Gasteiger partial charge on any atom is -0.342 e. The molecule has 20 heavy (non-hydrogen) atoms. The summed E-state index contributed by atoms with van der Waals surface area (Å²) in [4.78, 5) is 27.0. The second kappa shape index (κ2) is 7.65. The Morgan fingerprint density at radius 2 is 1.80 bits per heavy atom. The molecule has 1 saturated heterocycles. The number of carbonyl (C=O) groups is 2. The number of amides is 2. The van der Waals surface area contributed by atoms with E-state index in [1.165, 1.54) is 0 Å². The molecule has 0 aliphatic carbocycles. The largest absolute Gasteiger partial charge is 0.342 e. The fourth-order valence-electron chi connectivity index (χ4n) is 3.06. The van der Waals surface area contributed by atoms with Crippen LogP contribution in [0.25, 0.3) is 0 Å². The van der Waals surface area contributed by atoms with Gasteiger partial charge in [0, 0.05) is 6.04 Å². The van der Waals surface area contributed by atoms with E-state index in [0.717, 1.165) is 25.7 Å². The minimum atomic E-state index is -0.346. The van der Waals surface area contributed by atoms with Crippen LogP contribution in [0.15, 0.2) is 0 Å². The van der Waals surface area contributed by atoms with Gasteiger partial charge in [0.2, 0.25) is 11.8 Å². The molecule has 1 heterocycles. The van der Waals surface area contributed by atoms with Gasteiger partial charge in [0.05, 0.1) is 0 Å². The lowest BCUT2D eigenvalue weighted by Gasteiger charge is -2.44. The summed E-state index contributed by atoms with van der Waals surface area (Å²) in [6.07, 6.45) is 4.50. The first-order valence-electron chi connectivity index (χ1n) is 8.14. The Morgan fingerprint density at radius 3 is 2.25 bits per heavy atom. The van der Waals surface area contributed by atoms with Crippen molar-refractivity contribution in [3.8, 4) is 0 Å². The molecule has 0 aromatic heterocycles. The Bertz CT molecular complexity index is 343. The lowest BCUT2D eigenvalue weighted by Crippen LogP contribution is -2.66. The number of nitrogens with zero attached hydrogens (tertiary/aromatic N) is 1. The summed E-state index contributed by atoms with van der Waals surface area (Å²) >= 11 is 0. The van der Waals surface area contributed by atoms with Crippen molar-refractivity contribution in [2.45, 2.75) is 84.8 Å². The Labute approximate surface area is 123 Å². The molecule has 0 aromatic rings. The van der Waals surface area contributed by atoms with Crippen LogP contribution in [0.2, 0.25) is 0 Å². The molecule has 0 saturated carbocycles. The SMILES string of the molecule is CCCC(CC)N1C(=O)C(C(C)CC)NC(=O)C1CC. The van der Waals surface area contributed by atoms with Gasteiger partial charge in [0.25, 0.3) is 0 Å². The maximum absolute atomic E-state index is 12.8. The molecule has 1 N–H and O–H groups in total. The maximum Gasteiger partial charge on any atom is 0.246 e. The maximum atomic E-state index is 12.8. The Balaban J connectivity index is 3.05. The number of nitrogens with one attached hydrogen (secondary N) is 1. The Morgan fingerprint density at radius 1 is 1.15 bits per heavy atom. The minimum absolute atomic E-state index is 0.0203. The van der Waals surface area contributed by atoms with Crippen LogP contribution in [0.3, 0.4) is 0 Å². The highest BCUT2D eigenvalue weighted by Gasteiger charge is 2.43. The smallest absolute Gasteiger partial charge is 0.246 e. The third-order valence-corrected chi connectivity index (χ3v) is 4.54. The fourth-order valence-corrected chi connectivity index (χ4v) is 3.06. The molecule has 2 amide bonds. The molecule has 4 atom stereocenters. The lowest BCUT2D eigenvalue weighted by atomic mass is 9.91. The van der Waals surface area contributed by atoms with E-state index in [1.807, 2.05) is 18.7 Å². The first-order chi connectivity index (χ1) is 9.51. The van der Waals surface area contributed by atoms with Crippen molar-refractivity contribution in [3.05, 3.63) is 0 Å². The highest BCUT2D eigenvalue weighted by Crippen LogP contribution is 2.24. The summed E-state index contributed by atoms with van der Waals surface area (Å²) < 4.78 is 0. The monoisotopic (exact) mass is 282 g/mol. The molecule has 4 heteroatoms. The van der Waals surface area contributed by atoms with Gasteiger partial charge in [-0.3, -0.25) is 9.59 Å². The summed E-state index contributed by atoms with van der Waals surface area (Å²) in [6.45, 7) is 10.3. The van der Waals surface area contributed by atoms with Crippen molar-refractivity contribution in [2.24, 2.45) is 5.92 Å². The summed E-state index contributed by atoms with van der Waals surface area (Å²) in [5.74, 6) is 0.323. The Kier molecular flexibility index (Phi) is 6.50. The average molecular weight is 282 g/mol. The van der Waals surface area contributed by atoms with E-state index in [2.05, 4.69) is 26.1 Å². The third kappa shape index (κ3) is 3.33. The molecule has 0 bridgehead atoms. The topological polar surface area (TPSA) is 49.4 Å². The van der Waals surface area contributed by atoms with Gasteiger partial charge in [-0.05, 0) is 25.2 Å². The van der Waals surface area contributed by atoms with E-state index in [1.54, 1.807) is 0 Å². The van der Waals surface area contributed by atoms with Gasteiger partial charge < -0.3 is 10.2 Å². The van der Waals surface area contributed by atoms with Gasteiger partial charge in [-0.25, -0.2) is 0 Å². The van der Waals surface area contributed by atoms with Crippen LogP contribution >= 0.6 is 0 Å². The normalized spacial score (nSPS) is 26.4. The quantitative estimate of drug-likeness (QED) is 0.780. The van der Waals surface area contributed by atoms with Crippen LogP contribution in [-0.4, -0.2) is 34.8 Å². The average Bonchev–Trinajstić information content (AvgIpc) is 2.45. The molecular formula is C16H30N2O2. The van der Waals surface area contributed by atoms with E-state index < -0.39 is 0 Å². The van der Waals surface area contributed by atoms with Crippen molar-refractivity contribution in [1.29, 1.82) is 0 Å². The van der Waals surface area contributed by atoms with E-state index in [0.29, 0.717) is 6.42 Å². The van der Waals surface area contributed by atoms with Crippen molar-refractivity contribution in [1.82, 2.24) is 10.2 Å². The number of hydrogen-bond donors (Lipinski definition) is 1. The molecule has 4 nitrogen and oxygen atoms in total. The summed E-state index contributed by atoms with van der Waals surface area (Å²) in [5.41, 5.74) is 0. The van der Waals surface area contributed by atoms with Crippen molar-refractivity contribution >= 4 is 11.8 Å². The van der Waals surface area contributed by atoms with Crippen LogP contribution < -0.4 is 5.32 Å². The first kappa shape index (κ1) is 17.0. The molecule has 1 aliphatic rings. The number of carbonyl (C=O) groups excluding carboxylic acids is 2. The predicted molar refractivity (Wildman–Crippen MR) is 81.3 cm³/mol. The van der Waals surface area contributed by atoms with Crippen LogP contribution in [0, 0.1) is 5.92 Å². The molecule has 0 spiro atoms. The summed E-state index contributed by atoms with van der Waals surface area (Å²) in [6, 6.07) is -0.449. The van der Waals surface area contributed by atoms with Crippen LogP contribution in [-0.2, 0) is 9.59 Å². The van der Waals surface area contributed by atoms with Gasteiger partial charge in [-0.15, -0.1) is 0 Å². The Hall–Kier alpha value is -1.06. The third-order valence-electron chi connectivity index (χ3n) is 4.54. The van der Waals surface area contributed by atoms with Gasteiger partial charge in [0.1, 0.15) is 12.1 Å². The van der Waals surface area contributed by atoms with Gasteiger partial charge in [-0.1, -0.05) is 47.5 Å². The number of piperazine rings is 1. The molecular weight excluding hydrogens is 252 g/mol. The highest BCUT2D eigenvalue weighted by atomic mass is 16.2. The predicted octanol–water partition coefficient (Wildman–Crippen LogP) is 2.72. The van der Waals surface area contributed by atoms with E-state index in [9.17, 15) is 9.59 Å². The van der Waals surface area contributed by atoms with Crippen molar-refractivity contribution in [3.63, 3.8) is 0 Å². The van der Waals surface area contributed by atoms with E-state index >= 15 is 0 Å². The number of hydrogen-bond acceptors (Lipinski definition) is 2. The molecule has 0 radical (unpaired) electrons. The lowest BCUT2D eigenvalue weighted by molar-refractivity contribution is -0.154. The molecule has 1 fully saturated rings. The molecule has 1 rings (SSSR count). The molecule has 116 valence electrons. The zero-order chi connectivity index (χ0) is 15.3. The summed E-state index contributed by atoms with van der Waals surface area (Å²) in [7, 11) is 0. The van der Waals surface area contributed by atoms with E-state index in [-0.39, 0.29) is 35.9 Å². The second-order valence-electron chi connectivity index (χ2n) is 5.89. The first-order valence-corrected chi connectivity index (χ1v) is 8.14. The van der Waals surface area contributed by atoms with Gasteiger partial charge in [0.15, 0.2) is 0 Å². The standard InChI is InChI=1S/C16H30N2O2/c1-6-10-12(8-3)18-13(9-4)15(19)17-14(16(18)20)11(5)7-2/h11-14H,6-10H2,1-5H3,(H,17,19). The fraction of sp³-hybridized carbons (Fsp3) is 0.875. The molecule has 1 aliphatic heterocycles. The number of rotatable bonds is 7. The highest BCUT2D eigenvalue weighted by molar-refractivity contribution is 5.97. The van der Waals surface area contributed by atoms with Crippen molar-refractivity contribution < 1.29 is 9.59 Å². The van der Waals surface area contributed by atoms with Crippen molar-refractivity contribution in [2.75, 3.05) is 0 Å². The summed E-state index contributed by atoms with van der Waals surface area (Å²) in [5, 5.41) is 2.94. The second-order valence-corrected chi connectivity index (χ2v) is 5.89. The van der Waals surface area contributed by atoms with Crippen LogP contribution in [0.4, 0.5) is 0 Å². The van der Waals surface area contributed by atoms with Gasteiger partial charge >= 0.3 is 0 Å². The van der Waals surface area contributed by atoms with E-state index in [4.69, 9.17) is 0 Å². The zero-order valence-electron chi connectivity index (χ0n) is 13.6.